The van der Waals surface area contributed by atoms with Crippen LogP contribution in [0.5, 0.6) is 0 Å². The zero-order chi connectivity index (χ0) is 18.3. The van der Waals surface area contributed by atoms with E-state index in [4.69, 9.17) is 0 Å². The molecule has 1 aliphatic heterocycles. The van der Waals surface area contributed by atoms with Gasteiger partial charge in [-0.05, 0) is 43.7 Å². The highest BCUT2D eigenvalue weighted by Crippen LogP contribution is 2.48. The number of nitrogens with zero attached hydrogens (tertiary/aromatic N) is 4. The summed E-state index contributed by atoms with van der Waals surface area (Å²) in [6, 6.07) is 3.77. The molecule has 2 heterocycles. The first-order valence-corrected chi connectivity index (χ1v) is 9.20. The summed E-state index contributed by atoms with van der Waals surface area (Å²) in [6.45, 7) is 4.06. The van der Waals surface area contributed by atoms with E-state index in [9.17, 15) is 13.6 Å². The number of carbonyl (C=O) groups excluding carboxylic acids is 1. The van der Waals surface area contributed by atoms with Crippen molar-refractivity contribution in [2.24, 2.45) is 5.92 Å². The minimum atomic E-state index is -0.557. The largest absolute Gasteiger partial charge is 0.342 e. The number of aryl methyl sites for hydroxylation is 1. The lowest BCUT2D eigenvalue weighted by atomic mass is 9.89. The van der Waals surface area contributed by atoms with Gasteiger partial charge in [0.05, 0.1) is 0 Å². The van der Waals surface area contributed by atoms with E-state index in [1.165, 1.54) is 12.1 Å². The molecule has 1 saturated heterocycles. The predicted molar refractivity (Wildman–Crippen MR) is 91.5 cm³/mol. The van der Waals surface area contributed by atoms with Crippen molar-refractivity contribution >= 4 is 5.91 Å². The number of aromatic nitrogens is 3. The summed E-state index contributed by atoms with van der Waals surface area (Å²) in [5.74, 6) is 0.209. The van der Waals surface area contributed by atoms with Crippen LogP contribution in [0.3, 0.4) is 0 Å². The number of benzene rings is 1. The third-order valence-electron chi connectivity index (χ3n) is 5.63. The van der Waals surface area contributed by atoms with Crippen LogP contribution < -0.4 is 0 Å². The highest BCUT2D eigenvalue weighted by Gasteiger charge is 2.48. The summed E-state index contributed by atoms with van der Waals surface area (Å²) in [7, 11) is 0. The van der Waals surface area contributed by atoms with Gasteiger partial charge >= 0.3 is 0 Å². The fraction of sp³-hybridized carbons (Fsp3) is 0.526. The Morgan fingerprint density at radius 3 is 2.73 bits per heavy atom. The Balaban J connectivity index is 1.36. The fourth-order valence-electron chi connectivity index (χ4n) is 4.03. The Morgan fingerprint density at radius 1 is 1.27 bits per heavy atom. The van der Waals surface area contributed by atoms with Crippen LogP contribution in [0.15, 0.2) is 24.5 Å². The molecule has 5 nitrogen and oxygen atoms in total. The summed E-state index contributed by atoms with van der Waals surface area (Å²) < 4.78 is 29.0. The minimum Gasteiger partial charge on any atom is -0.342 e. The predicted octanol–water partition coefficient (Wildman–Crippen LogP) is 3.09. The number of likely N-dealkylation sites (tertiary alicyclic amines) is 1. The van der Waals surface area contributed by atoms with Gasteiger partial charge in [-0.3, -0.25) is 4.79 Å². The number of hydrogen-bond donors (Lipinski definition) is 0. The lowest BCUT2D eigenvalue weighted by molar-refractivity contribution is -0.133. The molecule has 138 valence electrons. The first kappa shape index (κ1) is 17.1. The fourth-order valence-corrected chi connectivity index (χ4v) is 4.03. The van der Waals surface area contributed by atoms with Crippen molar-refractivity contribution in [3.63, 3.8) is 0 Å². The van der Waals surface area contributed by atoms with Gasteiger partial charge in [-0.25, -0.2) is 8.78 Å². The molecule has 0 radical (unpaired) electrons. The molecular formula is C19H22F2N4O. The van der Waals surface area contributed by atoms with Crippen LogP contribution in [0.1, 0.15) is 49.4 Å². The van der Waals surface area contributed by atoms with E-state index in [-0.39, 0.29) is 23.7 Å². The van der Waals surface area contributed by atoms with Crippen molar-refractivity contribution in [3.05, 3.63) is 47.5 Å². The topological polar surface area (TPSA) is 51.0 Å². The van der Waals surface area contributed by atoms with Crippen LogP contribution in [-0.2, 0) is 11.3 Å². The Labute approximate surface area is 151 Å². The molecule has 4 rings (SSSR count). The molecule has 1 aromatic carbocycles. The van der Waals surface area contributed by atoms with E-state index >= 15 is 0 Å². The normalized spacial score (nSPS) is 23.3. The number of rotatable bonds is 4. The van der Waals surface area contributed by atoms with Gasteiger partial charge in [0.1, 0.15) is 23.8 Å². The number of carbonyl (C=O) groups is 1. The second kappa shape index (κ2) is 6.78. The third-order valence-corrected chi connectivity index (χ3v) is 5.63. The van der Waals surface area contributed by atoms with Crippen LogP contribution in [0.4, 0.5) is 8.78 Å². The van der Waals surface area contributed by atoms with Crippen LogP contribution in [-0.4, -0.2) is 38.7 Å². The van der Waals surface area contributed by atoms with Crippen LogP contribution in [0, 0.1) is 17.6 Å². The molecule has 2 atom stereocenters. The summed E-state index contributed by atoms with van der Waals surface area (Å²) >= 11 is 0. The number of amides is 1. The van der Waals surface area contributed by atoms with E-state index in [0.717, 1.165) is 24.9 Å². The molecule has 7 heteroatoms. The number of piperidine rings is 1. The Morgan fingerprint density at radius 2 is 2.04 bits per heavy atom. The van der Waals surface area contributed by atoms with Gasteiger partial charge in [-0.1, -0.05) is 6.07 Å². The molecule has 2 fully saturated rings. The summed E-state index contributed by atoms with van der Waals surface area (Å²) in [4.78, 5) is 14.6. The first-order valence-electron chi connectivity index (χ1n) is 9.20. The zero-order valence-corrected chi connectivity index (χ0v) is 14.7. The van der Waals surface area contributed by atoms with Gasteiger partial charge in [0.15, 0.2) is 0 Å². The molecule has 26 heavy (non-hydrogen) atoms. The highest BCUT2D eigenvalue weighted by atomic mass is 19.1. The molecule has 0 bridgehead atoms. The van der Waals surface area contributed by atoms with Gasteiger partial charge in [0, 0.05) is 37.5 Å². The molecule has 1 aromatic heterocycles. The summed E-state index contributed by atoms with van der Waals surface area (Å²) in [5.41, 5.74) is 0.554. The average Bonchev–Trinajstić information content (AvgIpc) is 3.29. The summed E-state index contributed by atoms with van der Waals surface area (Å²) in [5, 5.41) is 8.11. The maximum Gasteiger partial charge on any atom is 0.226 e. The minimum absolute atomic E-state index is 0.0105. The monoisotopic (exact) mass is 360 g/mol. The molecule has 0 spiro atoms. The summed E-state index contributed by atoms with van der Waals surface area (Å²) in [6.07, 6.45) is 3.94. The molecule has 2 aliphatic rings. The maximum atomic E-state index is 14.0. The molecule has 2 unspecified atom stereocenters. The Hall–Kier alpha value is -2.31. The quantitative estimate of drug-likeness (QED) is 0.842. The zero-order valence-electron chi connectivity index (χ0n) is 14.7. The first-order chi connectivity index (χ1) is 12.6. The van der Waals surface area contributed by atoms with Crippen molar-refractivity contribution in [3.8, 4) is 0 Å². The maximum absolute atomic E-state index is 14.0. The average molecular weight is 360 g/mol. The standard InChI is InChI=1S/C19H22F2N4O/c1-2-24-11-22-23-18(24)15-10-16(15)19(26)25-7-5-12(6-8-25)14-4-3-13(20)9-17(14)21/h3-4,9,11-12,15-16H,2,5-8,10H2,1H3. The molecule has 1 saturated carbocycles. The van der Waals surface area contributed by atoms with Gasteiger partial charge < -0.3 is 9.47 Å². The van der Waals surface area contributed by atoms with Crippen LogP contribution in [0.25, 0.3) is 0 Å². The van der Waals surface area contributed by atoms with Crippen molar-refractivity contribution in [1.29, 1.82) is 0 Å². The van der Waals surface area contributed by atoms with Crippen LogP contribution in [0.2, 0.25) is 0 Å². The third kappa shape index (κ3) is 3.10. The van der Waals surface area contributed by atoms with Gasteiger partial charge in [0.2, 0.25) is 5.91 Å². The smallest absolute Gasteiger partial charge is 0.226 e. The van der Waals surface area contributed by atoms with E-state index in [2.05, 4.69) is 10.2 Å². The molecule has 1 aliphatic carbocycles. The Kier molecular flexibility index (Phi) is 4.46. The van der Waals surface area contributed by atoms with Gasteiger partial charge in [-0.15, -0.1) is 10.2 Å². The number of halogens is 2. The Bertz CT molecular complexity index is 814. The van der Waals surface area contributed by atoms with Crippen molar-refractivity contribution in [1.82, 2.24) is 19.7 Å². The van der Waals surface area contributed by atoms with Crippen molar-refractivity contribution in [2.45, 2.75) is 44.6 Å². The lowest BCUT2D eigenvalue weighted by Gasteiger charge is -2.32. The lowest BCUT2D eigenvalue weighted by Crippen LogP contribution is -2.39. The van der Waals surface area contributed by atoms with Crippen molar-refractivity contribution < 1.29 is 13.6 Å². The van der Waals surface area contributed by atoms with E-state index in [1.807, 2.05) is 16.4 Å². The second-order valence-electron chi connectivity index (χ2n) is 7.19. The molecular weight excluding hydrogens is 338 g/mol. The second-order valence-corrected chi connectivity index (χ2v) is 7.19. The van der Waals surface area contributed by atoms with Crippen LogP contribution >= 0.6 is 0 Å². The highest BCUT2D eigenvalue weighted by molar-refractivity contribution is 5.82. The molecule has 1 amide bonds. The van der Waals surface area contributed by atoms with Gasteiger partial charge in [0.25, 0.3) is 0 Å². The number of hydrogen-bond acceptors (Lipinski definition) is 3. The van der Waals surface area contributed by atoms with E-state index in [0.29, 0.717) is 31.5 Å². The van der Waals surface area contributed by atoms with Gasteiger partial charge in [-0.2, -0.15) is 0 Å². The van der Waals surface area contributed by atoms with Crippen molar-refractivity contribution in [2.75, 3.05) is 13.1 Å². The van der Waals surface area contributed by atoms with E-state index in [1.54, 1.807) is 6.33 Å². The SMILES string of the molecule is CCn1cnnc1C1CC1C(=O)N1CCC(c2ccc(F)cc2F)CC1. The van der Waals surface area contributed by atoms with E-state index < -0.39 is 11.6 Å². The molecule has 0 N–H and O–H groups in total. The molecule has 2 aromatic rings.